The van der Waals surface area contributed by atoms with E-state index in [1.165, 1.54) is 0 Å². The Morgan fingerprint density at radius 1 is 1.17 bits per heavy atom. The molecule has 132 valence electrons. The summed E-state index contributed by atoms with van der Waals surface area (Å²) in [5.74, 6) is -1.35. The van der Waals surface area contributed by atoms with Crippen LogP contribution in [0.25, 0.3) is 0 Å². The van der Waals surface area contributed by atoms with E-state index in [2.05, 4.69) is 19.2 Å². The Hall–Kier alpha value is -1.98. The molecule has 0 saturated heterocycles. The molecule has 1 N–H and O–H groups in total. The van der Waals surface area contributed by atoms with Crippen molar-refractivity contribution in [2.75, 3.05) is 5.32 Å². The fourth-order valence-electron chi connectivity index (χ4n) is 2.87. The standard InChI is InChI=1S/C18H23F2NO3/c1-11-3-5-14(9-12(11)2)24-18(23)8-7-17(22)21-16-6-4-13(19)10-15(16)20/h4,6,10-12,14H,3,5,7-9H2,1-2H3,(H,21,22)/t11-,12-,14+/m1/s1. The van der Waals surface area contributed by atoms with Crippen LogP contribution in [0.3, 0.4) is 0 Å². The third kappa shape index (κ3) is 5.28. The van der Waals surface area contributed by atoms with E-state index in [0.717, 1.165) is 31.4 Å². The number of rotatable bonds is 5. The minimum atomic E-state index is -0.851. The minimum absolute atomic E-state index is 0.0604. The summed E-state index contributed by atoms with van der Waals surface area (Å²) in [5.41, 5.74) is -0.107. The smallest absolute Gasteiger partial charge is 0.306 e. The van der Waals surface area contributed by atoms with E-state index < -0.39 is 23.5 Å². The first-order valence-corrected chi connectivity index (χ1v) is 8.29. The van der Waals surface area contributed by atoms with Crippen molar-refractivity contribution in [3.05, 3.63) is 29.8 Å². The number of esters is 1. The summed E-state index contributed by atoms with van der Waals surface area (Å²) in [6.45, 7) is 4.34. The lowest BCUT2D eigenvalue weighted by Gasteiger charge is -2.31. The van der Waals surface area contributed by atoms with Crippen molar-refractivity contribution < 1.29 is 23.1 Å². The largest absolute Gasteiger partial charge is 0.462 e. The van der Waals surface area contributed by atoms with Crippen molar-refractivity contribution >= 4 is 17.6 Å². The number of benzene rings is 1. The molecular weight excluding hydrogens is 316 g/mol. The second kappa shape index (κ2) is 8.22. The van der Waals surface area contributed by atoms with Gasteiger partial charge in [-0.15, -0.1) is 0 Å². The van der Waals surface area contributed by atoms with Crippen LogP contribution in [0.5, 0.6) is 0 Å². The maximum Gasteiger partial charge on any atom is 0.306 e. The van der Waals surface area contributed by atoms with Gasteiger partial charge in [0.05, 0.1) is 12.1 Å². The van der Waals surface area contributed by atoms with Crippen LogP contribution >= 0.6 is 0 Å². The van der Waals surface area contributed by atoms with Crippen molar-refractivity contribution in [3.63, 3.8) is 0 Å². The van der Waals surface area contributed by atoms with Crippen LogP contribution in [0.4, 0.5) is 14.5 Å². The van der Waals surface area contributed by atoms with Gasteiger partial charge in [-0.3, -0.25) is 9.59 Å². The number of anilines is 1. The van der Waals surface area contributed by atoms with Gasteiger partial charge in [0.2, 0.25) is 5.91 Å². The summed E-state index contributed by atoms with van der Waals surface area (Å²) in [4.78, 5) is 23.6. The molecule has 1 aromatic rings. The van der Waals surface area contributed by atoms with Gasteiger partial charge < -0.3 is 10.1 Å². The number of hydrogen-bond acceptors (Lipinski definition) is 3. The molecular formula is C18H23F2NO3. The molecule has 1 aliphatic rings. The van der Waals surface area contributed by atoms with E-state index in [1.807, 2.05) is 0 Å². The Bertz CT molecular complexity index is 606. The summed E-state index contributed by atoms with van der Waals surface area (Å²) in [7, 11) is 0. The molecule has 4 nitrogen and oxygen atoms in total. The summed E-state index contributed by atoms with van der Waals surface area (Å²) < 4.78 is 31.6. The Balaban J connectivity index is 1.74. The highest BCUT2D eigenvalue weighted by Gasteiger charge is 2.27. The molecule has 0 aliphatic heterocycles. The van der Waals surface area contributed by atoms with E-state index in [9.17, 15) is 18.4 Å². The number of carbonyl (C=O) groups is 2. The van der Waals surface area contributed by atoms with E-state index in [0.29, 0.717) is 17.9 Å². The first-order valence-electron chi connectivity index (χ1n) is 8.29. The minimum Gasteiger partial charge on any atom is -0.462 e. The summed E-state index contributed by atoms with van der Waals surface area (Å²) in [6, 6.07) is 2.89. The van der Waals surface area contributed by atoms with Gasteiger partial charge in [-0.1, -0.05) is 13.8 Å². The lowest BCUT2D eigenvalue weighted by Crippen LogP contribution is -2.29. The maximum atomic E-state index is 13.4. The second-order valence-electron chi connectivity index (χ2n) is 6.55. The number of carbonyl (C=O) groups excluding carboxylic acids is 2. The summed E-state index contributed by atoms with van der Waals surface area (Å²) in [5, 5.41) is 2.32. The highest BCUT2D eigenvalue weighted by Crippen LogP contribution is 2.31. The Kier molecular flexibility index (Phi) is 6.29. The number of hydrogen-bond donors (Lipinski definition) is 1. The molecule has 6 heteroatoms. The fraction of sp³-hybridized carbons (Fsp3) is 0.556. The van der Waals surface area contributed by atoms with Gasteiger partial charge in [0.25, 0.3) is 0 Å². The molecule has 1 fully saturated rings. The quantitative estimate of drug-likeness (QED) is 0.823. The van der Waals surface area contributed by atoms with Gasteiger partial charge in [-0.25, -0.2) is 8.78 Å². The molecule has 1 amide bonds. The van der Waals surface area contributed by atoms with E-state index >= 15 is 0 Å². The molecule has 1 saturated carbocycles. The maximum absolute atomic E-state index is 13.4. The van der Waals surface area contributed by atoms with Gasteiger partial charge in [0.1, 0.15) is 17.7 Å². The summed E-state index contributed by atoms with van der Waals surface area (Å²) >= 11 is 0. The third-order valence-electron chi connectivity index (χ3n) is 4.61. The van der Waals surface area contributed by atoms with Gasteiger partial charge in [0.15, 0.2) is 0 Å². The SMILES string of the molecule is C[C@@H]1CC[C@H](OC(=O)CCC(=O)Nc2ccc(F)cc2F)C[C@H]1C. The van der Waals surface area contributed by atoms with Gasteiger partial charge >= 0.3 is 5.97 Å². The van der Waals surface area contributed by atoms with E-state index in [1.54, 1.807) is 0 Å². The van der Waals surface area contributed by atoms with Gasteiger partial charge in [-0.05, 0) is 43.2 Å². The number of halogens is 2. The second-order valence-corrected chi connectivity index (χ2v) is 6.55. The van der Waals surface area contributed by atoms with Crippen LogP contribution in [0.15, 0.2) is 18.2 Å². The van der Waals surface area contributed by atoms with Crippen molar-refractivity contribution in [1.29, 1.82) is 0 Å². The van der Waals surface area contributed by atoms with Gasteiger partial charge in [0, 0.05) is 12.5 Å². The topological polar surface area (TPSA) is 55.4 Å². The lowest BCUT2D eigenvalue weighted by atomic mass is 9.80. The molecule has 2 rings (SSSR count). The predicted molar refractivity (Wildman–Crippen MR) is 86.3 cm³/mol. The van der Waals surface area contributed by atoms with Crippen LogP contribution in [-0.2, 0) is 14.3 Å². The average molecular weight is 339 g/mol. The molecule has 0 unspecified atom stereocenters. The van der Waals surface area contributed by atoms with Crippen molar-refractivity contribution in [3.8, 4) is 0 Å². The Labute approximate surface area is 140 Å². The molecule has 1 aliphatic carbocycles. The van der Waals surface area contributed by atoms with Crippen LogP contribution in [0.1, 0.15) is 46.0 Å². The third-order valence-corrected chi connectivity index (χ3v) is 4.61. The first kappa shape index (κ1) is 18.4. The van der Waals surface area contributed by atoms with Crippen LogP contribution < -0.4 is 5.32 Å². The van der Waals surface area contributed by atoms with Crippen LogP contribution in [-0.4, -0.2) is 18.0 Å². The molecule has 0 aromatic heterocycles. The molecule has 0 spiro atoms. The lowest BCUT2D eigenvalue weighted by molar-refractivity contribution is -0.152. The number of ether oxygens (including phenoxy) is 1. The van der Waals surface area contributed by atoms with Gasteiger partial charge in [-0.2, -0.15) is 0 Å². The highest BCUT2D eigenvalue weighted by atomic mass is 19.1. The molecule has 0 heterocycles. The van der Waals surface area contributed by atoms with Crippen molar-refractivity contribution in [2.45, 2.75) is 52.1 Å². The fourth-order valence-corrected chi connectivity index (χ4v) is 2.87. The van der Waals surface area contributed by atoms with Crippen molar-refractivity contribution in [2.24, 2.45) is 11.8 Å². The van der Waals surface area contributed by atoms with E-state index in [-0.39, 0.29) is 24.6 Å². The molecule has 1 aromatic carbocycles. The van der Waals surface area contributed by atoms with Crippen molar-refractivity contribution in [1.82, 2.24) is 0 Å². The summed E-state index contributed by atoms with van der Waals surface area (Å²) in [6.07, 6.45) is 2.48. The average Bonchev–Trinajstić information content (AvgIpc) is 2.52. The first-order chi connectivity index (χ1) is 11.3. The van der Waals surface area contributed by atoms with Crippen LogP contribution in [0.2, 0.25) is 0 Å². The number of nitrogens with one attached hydrogen (secondary N) is 1. The van der Waals surface area contributed by atoms with E-state index in [4.69, 9.17) is 4.74 Å². The molecule has 0 radical (unpaired) electrons. The zero-order chi connectivity index (χ0) is 17.7. The molecule has 0 bridgehead atoms. The molecule has 3 atom stereocenters. The number of amides is 1. The zero-order valence-electron chi connectivity index (χ0n) is 14.0. The Morgan fingerprint density at radius 2 is 1.92 bits per heavy atom. The predicted octanol–water partition coefficient (Wildman–Crippen LogP) is 4.05. The normalized spacial score (nSPS) is 23.6. The highest BCUT2D eigenvalue weighted by molar-refractivity contribution is 5.92. The zero-order valence-corrected chi connectivity index (χ0v) is 14.0. The monoisotopic (exact) mass is 339 g/mol. The Morgan fingerprint density at radius 3 is 2.58 bits per heavy atom. The van der Waals surface area contributed by atoms with Crippen LogP contribution in [0, 0.1) is 23.5 Å². The molecule has 24 heavy (non-hydrogen) atoms.